The molecule has 0 radical (unpaired) electrons. The molecule has 3 aromatic carbocycles. The number of rotatable bonds is 7. The van der Waals surface area contributed by atoms with Gasteiger partial charge in [0.2, 0.25) is 0 Å². The van der Waals surface area contributed by atoms with Crippen molar-refractivity contribution >= 4 is 50.6 Å². The fourth-order valence-electron chi connectivity index (χ4n) is 4.80. The molecular weight excluding hydrogens is 547 g/mol. The van der Waals surface area contributed by atoms with Crippen molar-refractivity contribution in [2.24, 2.45) is 0 Å². The maximum Gasteiger partial charge on any atom is 0.253 e. The van der Waals surface area contributed by atoms with Crippen LogP contribution in [0, 0.1) is 5.82 Å². The van der Waals surface area contributed by atoms with Crippen LogP contribution in [0.2, 0.25) is 5.02 Å². The summed E-state index contributed by atoms with van der Waals surface area (Å²) in [5.74, 6) is 0.932. The average Bonchev–Trinajstić information content (AvgIpc) is 3.43. The van der Waals surface area contributed by atoms with Gasteiger partial charge in [0.05, 0.1) is 10.4 Å². The van der Waals surface area contributed by atoms with Gasteiger partial charge in [-0.3, -0.25) is 4.79 Å². The summed E-state index contributed by atoms with van der Waals surface area (Å²) >= 11 is 8.04. The van der Waals surface area contributed by atoms with Crippen molar-refractivity contribution in [3.8, 4) is 16.2 Å². The number of ether oxygens (including phenoxy) is 1. The standard InChI is InChI=1S/C31H26ClFN4O2S/c32-26-16-24(10-11-27(26)39-18-20-6-4-9-23(33)14-20)36-29-25-17-28(40-30(25)35-19-34-29)21-7-5-8-22(15-21)31(38)37-12-2-1-3-13-37/h4-11,14-17,19H,1-3,12-13,18H2,(H,34,35,36). The van der Waals surface area contributed by atoms with E-state index >= 15 is 0 Å². The number of carbonyl (C=O) groups is 1. The molecule has 1 aliphatic rings. The number of halogens is 2. The summed E-state index contributed by atoms with van der Waals surface area (Å²) in [6.45, 7) is 1.85. The third-order valence-corrected chi connectivity index (χ3v) is 8.23. The van der Waals surface area contributed by atoms with E-state index in [1.807, 2.05) is 41.3 Å². The molecule has 2 aromatic heterocycles. The number of fused-ring (bicyclic) bond motifs is 1. The summed E-state index contributed by atoms with van der Waals surface area (Å²) < 4.78 is 19.2. The number of benzene rings is 3. The Hall–Kier alpha value is -4.01. The zero-order valence-corrected chi connectivity index (χ0v) is 23.1. The van der Waals surface area contributed by atoms with Gasteiger partial charge in [0, 0.05) is 29.2 Å². The second-order valence-corrected chi connectivity index (χ2v) is 11.1. The molecule has 202 valence electrons. The maximum atomic E-state index is 13.4. The second kappa shape index (κ2) is 11.6. The first-order valence-corrected chi connectivity index (χ1v) is 14.3. The van der Waals surface area contributed by atoms with Gasteiger partial charge in [-0.1, -0.05) is 35.9 Å². The molecule has 1 amide bonds. The van der Waals surface area contributed by atoms with E-state index in [1.165, 1.54) is 24.9 Å². The molecule has 0 aliphatic carbocycles. The van der Waals surface area contributed by atoms with Crippen molar-refractivity contribution in [1.82, 2.24) is 14.9 Å². The maximum absolute atomic E-state index is 13.4. The largest absolute Gasteiger partial charge is 0.487 e. The number of thiophene rings is 1. The predicted molar refractivity (Wildman–Crippen MR) is 158 cm³/mol. The van der Waals surface area contributed by atoms with Crippen LogP contribution in [0.25, 0.3) is 20.7 Å². The lowest BCUT2D eigenvalue weighted by molar-refractivity contribution is 0.0724. The van der Waals surface area contributed by atoms with Crippen LogP contribution >= 0.6 is 22.9 Å². The van der Waals surface area contributed by atoms with Crippen LogP contribution in [0.1, 0.15) is 35.2 Å². The highest BCUT2D eigenvalue weighted by molar-refractivity contribution is 7.21. The number of nitrogens with zero attached hydrogens (tertiary/aromatic N) is 3. The molecule has 40 heavy (non-hydrogen) atoms. The first kappa shape index (κ1) is 26.2. The number of carbonyl (C=O) groups excluding carboxylic acids is 1. The zero-order valence-electron chi connectivity index (χ0n) is 21.6. The van der Waals surface area contributed by atoms with Crippen LogP contribution in [0.3, 0.4) is 0 Å². The number of hydrogen-bond donors (Lipinski definition) is 1. The van der Waals surface area contributed by atoms with Crippen molar-refractivity contribution in [3.05, 3.63) is 101 Å². The summed E-state index contributed by atoms with van der Waals surface area (Å²) in [6, 6.07) is 21.5. The van der Waals surface area contributed by atoms with E-state index < -0.39 is 0 Å². The smallest absolute Gasteiger partial charge is 0.253 e. The highest BCUT2D eigenvalue weighted by atomic mass is 35.5. The Balaban J connectivity index is 1.20. The Kier molecular flexibility index (Phi) is 7.62. The van der Waals surface area contributed by atoms with E-state index in [4.69, 9.17) is 16.3 Å². The van der Waals surface area contributed by atoms with Gasteiger partial charge in [-0.25, -0.2) is 14.4 Å². The summed E-state index contributed by atoms with van der Waals surface area (Å²) in [7, 11) is 0. The third-order valence-electron chi connectivity index (χ3n) is 6.84. The Bertz CT molecular complexity index is 1690. The molecule has 1 saturated heterocycles. The quantitative estimate of drug-likeness (QED) is 0.213. The number of anilines is 2. The lowest BCUT2D eigenvalue weighted by Gasteiger charge is -2.26. The summed E-state index contributed by atoms with van der Waals surface area (Å²) in [6.07, 6.45) is 4.83. The van der Waals surface area contributed by atoms with Gasteiger partial charge in [0.15, 0.2) is 0 Å². The fraction of sp³-hybridized carbons (Fsp3) is 0.194. The van der Waals surface area contributed by atoms with Gasteiger partial charge in [-0.2, -0.15) is 0 Å². The van der Waals surface area contributed by atoms with Crippen molar-refractivity contribution in [1.29, 1.82) is 0 Å². The number of hydrogen-bond acceptors (Lipinski definition) is 6. The molecule has 3 heterocycles. The molecule has 0 spiro atoms. The number of likely N-dealkylation sites (tertiary alicyclic amines) is 1. The van der Waals surface area contributed by atoms with E-state index in [9.17, 15) is 9.18 Å². The summed E-state index contributed by atoms with van der Waals surface area (Å²) in [5.41, 5.74) is 3.14. The van der Waals surface area contributed by atoms with Crippen LogP contribution < -0.4 is 10.1 Å². The van der Waals surface area contributed by atoms with Gasteiger partial charge < -0.3 is 15.0 Å². The van der Waals surface area contributed by atoms with Gasteiger partial charge in [0.1, 0.15) is 35.1 Å². The van der Waals surface area contributed by atoms with Gasteiger partial charge >= 0.3 is 0 Å². The molecule has 5 aromatic rings. The minimum Gasteiger partial charge on any atom is -0.487 e. The van der Waals surface area contributed by atoms with Crippen LogP contribution in [-0.2, 0) is 6.61 Å². The normalized spacial score (nSPS) is 13.4. The highest BCUT2D eigenvalue weighted by Gasteiger charge is 2.19. The predicted octanol–water partition coefficient (Wildman–Crippen LogP) is 8.10. The Morgan fingerprint density at radius 3 is 2.67 bits per heavy atom. The molecule has 6 rings (SSSR count). The van der Waals surface area contributed by atoms with Crippen LogP contribution in [0.5, 0.6) is 5.75 Å². The fourth-order valence-corrected chi connectivity index (χ4v) is 6.03. The number of amides is 1. The number of aromatic nitrogens is 2. The van der Waals surface area contributed by atoms with Crippen molar-refractivity contribution < 1.29 is 13.9 Å². The molecule has 1 aliphatic heterocycles. The monoisotopic (exact) mass is 572 g/mol. The Morgan fingerprint density at radius 2 is 1.85 bits per heavy atom. The molecule has 6 nitrogen and oxygen atoms in total. The molecule has 9 heteroatoms. The van der Waals surface area contributed by atoms with Crippen molar-refractivity contribution in [2.45, 2.75) is 25.9 Å². The first-order chi connectivity index (χ1) is 19.5. The number of nitrogens with one attached hydrogen (secondary N) is 1. The van der Waals surface area contributed by atoms with Gasteiger partial charge in [-0.05, 0) is 78.9 Å². The third kappa shape index (κ3) is 5.78. The minimum absolute atomic E-state index is 0.0880. The molecule has 0 bridgehead atoms. The topological polar surface area (TPSA) is 67.3 Å². The van der Waals surface area contributed by atoms with Crippen molar-refractivity contribution in [2.75, 3.05) is 18.4 Å². The van der Waals surface area contributed by atoms with Crippen molar-refractivity contribution in [3.63, 3.8) is 0 Å². The zero-order chi connectivity index (χ0) is 27.5. The van der Waals surface area contributed by atoms with E-state index in [1.54, 1.807) is 35.6 Å². The second-order valence-electron chi connectivity index (χ2n) is 9.67. The van der Waals surface area contributed by atoms with E-state index in [-0.39, 0.29) is 18.3 Å². The molecule has 0 saturated carbocycles. The molecular formula is C31H26ClFN4O2S. The lowest BCUT2D eigenvalue weighted by atomic mass is 10.1. The van der Waals surface area contributed by atoms with Gasteiger partial charge in [0.25, 0.3) is 5.91 Å². The number of piperidine rings is 1. The Morgan fingerprint density at radius 1 is 1.00 bits per heavy atom. The van der Waals surface area contributed by atoms with Crippen LogP contribution in [-0.4, -0.2) is 33.9 Å². The summed E-state index contributed by atoms with van der Waals surface area (Å²) in [5, 5.41) is 4.64. The lowest BCUT2D eigenvalue weighted by Crippen LogP contribution is -2.35. The summed E-state index contributed by atoms with van der Waals surface area (Å²) in [4.78, 5) is 25.8. The van der Waals surface area contributed by atoms with E-state index in [0.29, 0.717) is 22.2 Å². The van der Waals surface area contributed by atoms with Gasteiger partial charge in [-0.15, -0.1) is 11.3 Å². The SMILES string of the molecule is O=C(c1cccc(-c2cc3c(Nc4ccc(OCc5cccc(F)c5)c(Cl)c4)ncnc3s2)c1)N1CCCCC1. The van der Waals surface area contributed by atoms with E-state index in [0.717, 1.165) is 57.8 Å². The van der Waals surface area contributed by atoms with Crippen LogP contribution in [0.15, 0.2) is 79.1 Å². The minimum atomic E-state index is -0.307. The Labute approximate surface area is 240 Å². The molecule has 0 atom stereocenters. The molecule has 0 unspecified atom stereocenters. The first-order valence-electron chi connectivity index (χ1n) is 13.1. The van der Waals surface area contributed by atoms with Crippen LogP contribution in [0.4, 0.5) is 15.9 Å². The highest BCUT2D eigenvalue weighted by Crippen LogP contribution is 2.37. The molecule has 1 N–H and O–H groups in total. The molecule has 1 fully saturated rings. The average molecular weight is 573 g/mol. The van der Waals surface area contributed by atoms with E-state index in [2.05, 4.69) is 15.3 Å².